The number of nitrogens with zero attached hydrogens (tertiary/aromatic N) is 1. The maximum atomic E-state index is 12.7. The van der Waals surface area contributed by atoms with E-state index in [2.05, 4.69) is 22.3 Å². The molecule has 2 unspecified atom stereocenters. The fourth-order valence-electron chi connectivity index (χ4n) is 4.03. The predicted molar refractivity (Wildman–Crippen MR) is 109 cm³/mol. The lowest BCUT2D eigenvalue weighted by Crippen LogP contribution is -2.47. The number of likely N-dealkylation sites (tertiary alicyclic amines) is 1. The number of piperidine rings is 1. The van der Waals surface area contributed by atoms with Gasteiger partial charge in [-0.25, -0.2) is 0 Å². The van der Waals surface area contributed by atoms with Crippen LogP contribution in [0, 0.1) is 5.92 Å². The zero-order valence-corrected chi connectivity index (χ0v) is 16.5. The Balaban J connectivity index is 1.32. The van der Waals surface area contributed by atoms with Crippen molar-refractivity contribution in [2.75, 3.05) is 26.2 Å². The van der Waals surface area contributed by atoms with Crippen molar-refractivity contribution < 1.29 is 14.6 Å². The Labute approximate surface area is 170 Å². The summed E-state index contributed by atoms with van der Waals surface area (Å²) in [6.07, 6.45) is 1.16. The van der Waals surface area contributed by atoms with E-state index in [1.54, 1.807) is 6.07 Å². The summed E-state index contributed by atoms with van der Waals surface area (Å²) < 4.78 is 5.61. The second-order valence-electron chi connectivity index (χ2n) is 7.59. The summed E-state index contributed by atoms with van der Waals surface area (Å²) in [6, 6.07) is 13.8. The Hall–Kier alpha value is -2.08. The molecule has 0 bridgehead atoms. The number of aliphatic hydroxyl groups excluding tert-OH is 1. The van der Waals surface area contributed by atoms with Gasteiger partial charge in [-0.3, -0.25) is 9.69 Å². The van der Waals surface area contributed by atoms with Crippen LogP contribution < -0.4 is 10.1 Å². The van der Waals surface area contributed by atoms with Crippen molar-refractivity contribution in [3.05, 3.63) is 64.2 Å². The van der Waals surface area contributed by atoms with Gasteiger partial charge in [-0.05, 0) is 36.2 Å². The normalized spacial score (nSPS) is 21.8. The summed E-state index contributed by atoms with van der Waals surface area (Å²) in [4.78, 5) is 14.9. The smallest absolute Gasteiger partial charge is 0.255 e. The molecule has 2 aliphatic rings. The molecule has 0 radical (unpaired) electrons. The van der Waals surface area contributed by atoms with E-state index in [4.69, 9.17) is 16.3 Å². The van der Waals surface area contributed by atoms with Gasteiger partial charge < -0.3 is 15.2 Å². The van der Waals surface area contributed by atoms with Crippen LogP contribution in [0.5, 0.6) is 5.75 Å². The first-order valence-corrected chi connectivity index (χ1v) is 10.2. The van der Waals surface area contributed by atoms with Crippen LogP contribution in [0.15, 0.2) is 42.5 Å². The van der Waals surface area contributed by atoms with E-state index in [0.717, 1.165) is 31.5 Å². The van der Waals surface area contributed by atoms with Gasteiger partial charge in [0.25, 0.3) is 5.91 Å². The van der Waals surface area contributed by atoms with Crippen LogP contribution >= 0.6 is 11.6 Å². The standard InChI is InChI=1S/C22H25ClN2O3/c23-18-10-16-7-9-28-21(16)19(11-18)22(27)24-12-17-6-8-25(14-20(17)26)13-15-4-2-1-3-5-15/h1-5,10-11,17,20,26H,6-9,12-14H2,(H,24,27). The van der Waals surface area contributed by atoms with Gasteiger partial charge in [-0.15, -0.1) is 0 Å². The van der Waals surface area contributed by atoms with Crippen molar-refractivity contribution in [1.29, 1.82) is 0 Å². The maximum absolute atomic E-state index is 12.7. The van der Waals surface area contributed by atoms with Gasteiger partial charge in [0.1, 0.15) is 5.75 Å². The van der Waals surface area contributed by atoms with Crippen LogP contribution in [0.2, 0.25) is 5.02 Å². The van der Waals surface area contributed by atoms with Gasteiger partial charge in [0.2, 0.25) is 0 Å². The van der Waals surface area contributed by atoms with E-state index in [1.165, 1.54) is 5.56 Å². The monoisotopic (exact) mass is 400 g/mol. The van der Waals surface area contributed by atoms with Gasteiger partial charge >= 0.3 is 0 Å². The number of hydrogen-bond acceptors (Lipinski definition) is 4. The Morgan fingerprint density at radius 3 is 2.89 bits per heavy atom. The Kier molecular flexibility index (Phi) is 5.85. The van der Waals surface area contributed by atoms with Crippen LogP contribution in [-0.4, -0.2) is 48.3 Å². The number of fused-ring (bicyclic) bond motifs is 1. The van der Waals surface area contributed by atoms with Crippen LogP contribution in [0.25, 0.3) is 0 Å². The number of ether oxygens (including phenoxy) is 1. The van der Waals surface area contributed by atoms with Gasteiger partial charge in [-0.1, -0.05) is 41.9 Å². The number of carbonyl (C=O) groups excluding carboxylic acids is 1. The summed E-state index contributed by atoms with van der Waals surface area (Å²) >= 11 is 6.15. The topological polar surface area (TPSA) is 61.8 Å². The average molecular weight is 401 g/mol. The molecule has 148 valence electrons. The van der Waals surface area contributed by atoms with E-state index >= 15 is 0 Å². The Bertz CT molecular complexity index is 843. The van der Waals surface area contributed by atoms with E-state index in [9.17, 15) is 9.90 Å². The number of hydrogen-bond donors (Lipinski definition) is 2. The molecule has 1 fully saturated rings. The zero-order valence-electron chi connectivity index (χ0n) is 15.7. The number of benzene rings is 2. The molecule has 1 amide bonds. The first-order valence-electron chi connectivity index (χ1n) is 9.78. The second kappa shape index (κ2) is 8.52. The molecule has 2 aromatic rings. The van der Waals surface area contributed by atoms with E-state index in [1.807, 2.05) is 24.3 Å². The molecular weight excluding hydrogens is 376 g/mol. The maximum Gasteiger partial charge on any atom is 0.255 e. The number of aliphatic hydroxyl groups is 1. The highest BCUT2D eigenvalue weighted by molar-refractivity contribution is 6.31. The lowest BCUT2D eigenvalue weighted by atomic mass is 9.93. The van der Waals surface area contributed by atoms with Crippen LogP contribution in [-0.2, 0) is 13.0 Å². The van der Waals surface area contributed by atoms with E-state index in [-0.39, 0.29) is 11.8 Å². The predicted octanol–water partition coefficient (Wildman–Crippen LogP) is 2.89. The zero-order chi connectivity index (χ0) is 19.5. The van der Waals surface area contributed by atoms with Gasteiger partial charge in [-0.2, -0.15) is 0 Å². The molecule has 4 rings (SSSR count). The molecule has 0 saturated carbocycles. The second-order valence-corrected chi connectivity index (χ2v) is 8.02. The highest BCUT2D eigenvalue weighted by Gasteiger charge is 2.29. The molecule has 28 heavy (non-hydrogen) atoms. The number of nitrogens with one attached hydrogen (secondary N) is 1. The van der Waals surface area contributed by atoms with Gasteiger partial charge in [0.15, 0.2) is 0 Å². The summed E-state index contributed by atoms with van der Waals surface area (Å²) in [5.41, 5.74) is 2.71. The Morgan fingerprint density at radius 2 is 2.11 bits per heavy atom. The summed E-state index contributed by atoms with van der Waals surface area (Å²) in [6.45, 7) is 3.38. The number of rotatable bonds is 5. The number of halogens is 1. The van der Waals surface area contributed by atoms with E-state index in [0.29, 0.717) is 36.0 Å². The third kappa shape index (κ3) is 4.32. The lowest BCUT2D eigenvalue weighted by molar-refractivity contribution is 0.0190. The minimum Gasteiger partial charge on any atom is -0.492 e. The molecular formula is C22H25ClN2O3. The molecule has 2 N–H and O–H groups in total. The van der Waals surface area contributed by atoms with Crippen molar-refractivity contribution >= 4 is 17.5 Å². The quantitative estimate of drug-likeness (QED) is 0.810. The fraction of sp³-hybridized carbons (Fsp3) is 0.409. The largest absolute Gasteiger partial charge is 0.492 e. The van der Waals surface area contributed by atoms with Crippen molar-refractivity contribution in [2.45, 2.75) is 25.5 Å². The molecule has 2 aliphatic heterocycles. The third-order valence-corrected chi connectivity index (χ3v) is 5.79. The first kappa shape index (κ1) is 19.2. The number of β-amino-alcohol motifs (C(OH)–C–C–N with tert-alkyl or cyclic N) is 1. The minimum atomic E-state index is -0.459. The van der Waals surface area contributed by atoms with Crippen molar-refractivity contribution in [1.82, 2.24) is 10.2 Å². The molecule has 0 spiro atoms. The molecule has 0 aromatic heterocycles. The lowest BCUT2D eigenvalue weighted by Gasteiger charge is -2.36. The molecule has 5 nitrogen and oxygen atoms in total. The fourth-order valence-corrected chi connectivity index (χ4v) is 4.27. The minimum absolute atomic E-state index is 0.0455. The molecule has 0 aliphatic carbocycles. The van der Waals surface area contributed by atoms with Crippen LogP contribution in [0.1, 0.15) is 27.9 Å². The van der Waals surface area contributed by atoms with Crippen molar-refractivity contribution in [2.24, 2.45) is 5.92 Å². The van der Waals surface area contributed by atoms with E-state index < -0.39 is 6.10 Å². The van der Waals surface area contributed by atoms with Crippen molar-refractivity contribution in [3.63, 3.8) is 0 Å². The van der Waals surface area contributed by atoms with Crippen LogP contribution in [0.3, 0.4) is 0 Å². The van der Waals surface area contributed by atoms with Crippen molar-refractivity contribution in [3.8, 4) is 5.75 Å². The number of carbonyl (C=O) groups is 1. The summed E-state index contributed by atoms with van der Waals surface area (Å²) in [5, 5.41) is 14.1. The first-order chi connectivity index (χ1) is 13.6. The molecule has 1 saturated heterocycles. The third-order valence-electron chi connectivity index (χ3n) is 5.57. The summed E-state index contributed by atoms with van der Waals surface area (Å²) in [7, 11) is 0. The van der Waals surface area contributed by atoms with Gasteiger partial charge in [0, 0.05) is 37.0 Å². The highest BCUT2D eigenvalue weighted by atomic mass is 35.5. The number of amides is 1. The molecule has 2 atom stereocenters. The SMILES string of the molecule is O=C(NCC1CCN(Cc2ccccc2)CC1O)c1cc(Cl)cc2c1OCC2. The van der Waals surface area contributed by atoms with Crippen LogP contribution in [0.4, 0.5) is 0 Å². The Morgan fingerprint density at radius 1 is 1.29 bits per heavy atom. The molecule has 6 heteroatoms. The summed E-state index contributed by atoms with van der Waals surface area (Å²) in [5.74, 6) is 0.490. The molecule has 2 heterocycles. The average Bonchev–Trinajstić information content (AvgIpc) is 3.15. The molecule has 2 aromatic carbocycles. The van der Waals surface area contributed by atoms with Gasteiger partial charge in [0.05, 0.1) is 18.3 Å². The highest BCUT2D eigenvalue weighted by Crippen LogP contribution is 2.32.